The van der Waals surface area contributed by atoms with Gasteiger partial charge in [-0.2, -0.15) is 5.26 Å². The van der Waals surface area contributed by atoms with Crippen LogP contribution in [0.15, 0.2) is 41.7 Å². The third-order valence-corrected chi connectivity index (χ3v) is 3.26. The predicted molar refractivity (Wildman–Crippen MR) is 67.8 cm³/mol. The van der Waals surface area contributed by atoms with Gasteiger partial charge < -0.3 is 0 Å². The van der Waals surface area contributed by atoms with Gasteiger partial charge in [-0.1, -0.05) is 11.6 Å². The van der Waals surface area contributed by atoms with Crippen molar-refractivity contribution in [2.45, 2.75) is 10.8 Å². The Hall–Kier alpha value is -1.57. The fourth-order valence-electron chi connectivity index (χ4n) is 1.23. The summed E-state index contributed by atoms with van der Waals surface area (Å²) in [6.45, 7) is 0. The zero-order valence-corrected chi connectivity index (χ0v) is 10.4. The Morgan fingerprint density at radius 1 is 1.29 bits per heavy atom. The van der Waals surface area contributed by atoms with Gasteiger partial charge in [-0.15, -0.1) is 11.8 Å². The summed E-state index contributed by atoms with van der Waals surface area (Å²) in [4.78, 5) is 8.11. The molecule has 0 saturated carbocycles. The summed E-state index contributed by atoms with van der Waals surface area (Å²) in [6.07, 6.45) is 3.26. The van der Waals surface area contributed by atoms with E-state index in [-0.39, 0.29) is 0 Å². The fourth-order valence-corrected chi connectivity index (χ4v) is 2.13. The number of aromatic nitrogens is 2. The minimum atomic E-state index is 0.437. The maximum Gasteiger partial charge on any atom is 0.140 e. The molecule has 2 aromatic heterocycles. The molecule has 0 atom stereocenters. The predicted octanol–water partition coefficient (Wildman–Crippen LogP) is 3.29. The molecule has 0 aliphatic heterocycles. The minimum absolute atomic E-state index is 0.437. The molecular weight excluding hydrogens is 254 g/mol. The smallest absolute Gasteiger partial charge is 0.140 e. The Morgan fingerprint density at radius 3 is 2.88 bits per heavy atom. The average Bonchev–Trinajstić information content (AvgIpc) is 2.38. The van der Waals surface area contributed by atoms with E-state index in [0.717, 1.165) is 16.3 Å². The minimum Gasteiger partial charge on any atom is -0.248 e. The highest BCUT2D eigenvalue weighted by atomic mass is 35.5. The SMILES string of the molecule is N#Cc1cc(CSc2ccc(Cl)cn2)ccn1. The first-order valence-corrected chi connectivity index (χ1v) is 6.23. The van der Waals surface area contributed by atoms with Gasteiger partial charge in [0.1, 0.15) is 11.8 Å². The number of hydrogen-bond donors (Lipinski definition) is 0. The van der Waals surface area contributed by atoms with E-state index < -0.39 is 0 Å². The van der Waals surface area contributed by atoms with Crippen molar-refractivity contribution in [3.05, 3.63) is 52.9 Å². The second-order valence-corrected chi connectivity index (χ2v) is 4.70. The molecule has 0 bridgehead atoms. The molecule has 2 heterocycles. The maximum absolute atomic E-state index is 8.73. The van der Waals surface area contributed by atoms with E-state index >= 15 is 0 Å². The molecule has 3 nitrogen and oxygen atoms in total. The fraction of sp³-hybridized carbons (Fsp3) is 0.0833. The van der Waals surface area contributed by atoms with Crippen molar-refractivity contribution >= 4 is 23.4 Å². The highest BCUT2D eigenvalue weighted by Gasteiger charge is 1.99. The molecule has 0 unspecified atom stereocenters. The van der Waals surface area contributed by atoms with Crippen LogP contribution in [0.25, 0.3) is 0 Å². The Labute approximate surface area is 108 Å². The first-order valence-electron chi connectivity index (χ1n) is 4.87. The van der Waals surface area contributed by atoms with Crippen LogP contribution < -0.4 is 0 Å². The molecule has 0 radical (unpaired) electrons. The van der Waals surface area contributed by atoms with Crippen LogP contribution in [-0.2, 0) is 5.75 Å². The molecule has 2 rings (SSSR count). The van der Waals surface area contributed by atoms with Gasteiger partial charge in [0.15, 0.2) is 0 Å². The summed E-state index contributed by atoms with van der Waals surface area (Å²) in [5.74, 6) is 0.756. The van der Waals surface area contributed by atoms with E-state index in [1.54, 1.807) is 30.2 Å². The molecule has 0 spiro atoms. The van der Waals surface area contributed by atoms with Crippen LogP contribution >= 0.6 is 23.4 Å². The van der Waals surface area contributed by atoms with Crippen LogP contribution in [0.2, 0.25) is 5.02 Å². The van der Waals surface area contributed by atoms with Crippen LogP contribution in [0.1, 0.15) is 11.3 Å². The molecule has 0 aromatic carbocycles. The van der Waals surface area contributed by atoms with Crippen LogP contribution in [-0.4, -0.2) is 9.97 Å². The lowest BCUT2D eigenvalue weighted by atomic mass is 10.2. The first kappa shape index (κ1) is 11.9. The quantitative estimate of drug-likeness (QED) is 0.796. The summed E-state index contributed by atoms with van der Waals surface area (Å²) in [5, 5.41) is 10.3. The first-order chi connectivity index (χ1) is 8.28. The normalized spacial score (nSPS) is 9.88. The van der Waals surface area contributed by atoms with Crippen LogP contribution in [0.5, 0.6) is 0 Å². The average molecular weight is 262 g/mol. The van der Waals surface area contributed by atoms with Crippen molar-refractivity contribution in [3.8, 4) is 6.07 Å². The third-order valence-electron chi connectivity index (χ3n) is 2.03. The highest BCUT2D eigenvalue weighted by molar-refractivity contribution is 7.98. The van der Waals surface area contributed by atoms with Crippen molar-refractivity contribution in [2.75, 3.05) is 0 Å². The van der Waals surface area contributed by atoms with Gasteiger partial charge in [-0.25, -0.2) is 9.97 Å². The van der Waals surface area contributed by atoms with Crippen molar-refractivity contribution in [1.29, 1.82) is 5.26 Å². The number of thioether (sulfide) groups is 1. The summed E-state index contributed by atoms with van der Waals surface area (Å²) in [7, 11) is 0. The van der Waals surface area contributed by atoms with Gasteiger partial charge >= 0.3 is 0 Å². The Bertz CT molecular complexity index is 548. The van der Waals surface area contributed by atoms with E-state index in [4.69, 9.17) is 16.9 Å². The summed E-state index contributed by atoms with van der Waals surface area (Å²) in [5.41, 5.74) is 1.49. The molecule has 84 valence electrons. The van der Waals surface area contributed by atoms with E-state index in [2.05, 4.69) is 9.97 Å². The second-order valence-electron chi connectivity index (χ2n) is 3.26. The van der Waals surface area contributed by atoms with Gasteiger partial charge in [0, 0.05) is 18.1 Å². The zero-order valence-electron chi connectivity index (χ0n) is 8.80. The van der Waals surface area contributed by atoms with Crippen molar-refractivity contribution in [1.82, 2.24) is 9.97 Å². The monoisotopic (exact) mass is 261 g/mol. The molecule has 0 aliphatic rings. The van der Waals surface area contributed by atoms with Crippen LogP contribution in [0.3, 0.4) is 0 Å². The zero-order chi connectivity index (χ0) is 12.1. The lowest BCUT2D eigenvalue weighted by Gasteiger charge is -2.01. The molecule has 2 aromatic rings. The topological polar surface area (TPSA) is 49.6 Å². The van der Waals surface area contributed by atoms with Crippen molar-refractivity contribution in [3.63, 3.8) is 0 Å². The molecule has 0 aliphatic carbocycles. The maximum atomic E-state index is 8.73. The third kappa shape index (κ3) is 3.45. The molecule has 0 saturated heterocycles. The van der Waals surface area contributed by atoms with Crippen LogP contribution in [0, 0.1) is 11.3 Å². The van der Waals surface area contributed by atoms with Gasteiger partial charge in [-0.05, 0) is 29.8 Å². The number of pyridine rings is 2. The van der Waals surface area contributed by atoms with Gasteiger partial charge in [0.2, 0.25) is 0 Å². The van der Waals surface area contributed by atoms with Crippen molar-refractivity contribution < 1.29 is 0 Å². The number of hydrogen-bond acceptors (Lipinski definition) is 4. The largest absolute Gasteiger partial charge is 0.248 e. The highest BCUT2D eigenvalue weighted by Crippen LogP contribution is 2.21. The Kier molecular flexibility index (Phi) is 3.97. The van der Waals surface area contributed by atoms with Gasteiger partial charge in [-0.3, -0.25) is 0 Å². The second kappa shape index (κ2) is 5.67. The number of halogens is 1. The lowest BCUT2D eigenvalue weighted by molar-refractivity contribution is 1.13. The number of nitriles is 1. The lowest BCUT2D eigenvalue weighted by Crippen LogP contribution is -1.87. The molecule has 0 amide bonds. The molecule has 0 fully saturated rings. The number of rotatable bonds is 3. The Morgan fingerprint density at radius 2 is 2.18 bits per heavy atom. The van der Waals surface area contributed by atoms with E-state index in [9.17, 15) is 0 Å². The van der Waals surface area contributed by atoms with E-state index in [0.29, 0.717) is 10.7 Å². The standard InChI is InChI=1S/C12H8ClN3S/c13-10-1-2-12(16-7-10)17-8-9-3-4-15-11(5-9)6-14/h1-5,7H,8H2. The molecular formula is C12H8ClN3S. The van der Waals surface area contributed by atoms with Gasteiger partial charge in [0.25, 0.3) is 0 Å². The van der Waals surface area contributed by atoms with E-state index in [1.807, 2.05) is 24.3 Å². The molecule has 5 heteroatoms. The van der Waals surface area contributed by atoms with Crippen molar-refractivity contribution in [2.24, 2.45) is 0 Å². The molecule has 0 N–H and O–H groups in total. The summed E-state index contributed by atoms with van der Waals surface area (Å²) < 4.78 is 0. The van der Waals surface area contributed by atoms with Gasteiger partial charge in [0.05, 0.1) is 10.0 Å². The Balaban J connectivity index is 2.02. The number of nitrogens with zero attached hydrogens (tertiary/aromatic N) is 3. The van der Waals surface area contributed by atoms with Crippen LogP contribution in [0.4, 0.5) is 0 Å². The molecule has 17 heavy (non-hydrogen) atoms. The summed E-state index contributed by atoms with van der Waals surface area (Å²) >= 11 is 7.35. The van der Waals surface area contributed by atoms with E-state index in [1.165, 1.54) is 0 Å². The summed E-state index contributed by atoms with van der Waals surface area (Å²) in [6, 6.07) is 9.38.